The fraction of sp³-hybridized carbons (Fsp3) is 0.500. The van der Waals surface area contributed by atoms with Gasteiger partial charge in [0.05, 0.1) is 29.5 Å². The summed E-state index contributed by atoms with van der Waals surface area (Å²) in [7, 11) is 0.243. The zero-order valence-electron chi connectivity index (χ0n) is 30.8. The number of aromatic nitrogens is 4. The summed E-state index contributed by atoms with van der Waals surface area (Å²) < 4.78 is 37.0. The molecule has 2 aliphatic heterocycles. The van der Waals surface area contributed by atoms with E-state index in [4.69, 9.17) is 9.47 Å². The van der Waals surface area contributed by atoms with Gasteiger partial charge >= 0.3 is 0 Å². The van der Waals surface area contributed by atoms with Crippen molar-refractivity contribution in [3.8, 4) is 5.75 Å². The third-order valence-corrected chi connectivity index (χ3v) is 13.6. The number of ether oxygens (including phenoxy) is 2. The molecule has 0 radical (unpaired) electrons. The van der Waals surface area contributed by atoms with Crippen molar-refractivity contribution < 1.29 is 18.5 Å². The van der Waals surface area contributed by atoms with Crippen LogP contribution in [0.2, 0.25) is 0 Å². The van der Waals surface area contributed by atoms with Crippen molar-refractivity contribution in [3.63, 3.8) is 0 Å². The molecule has 0 saturated heterocycles. The van der Waals surface area contributed by atoms with E-state index >= 15 is 0 Å². The van der Waals surface area contributed by atoms with Crippen LogP contribution in [-0.2, 0) is 33.5 Å². The van der Waals surface area contributed by atoms with Gasteiger partial charge in [-0.15, -0.1) is 4.36 Å². The molecule has 12 heteroatoms. The van der Waals surface area contributed by atoms with Crippen LogP contribution in [0.4, 0.5) is 11.5 Å². The maximum Gasteiger partial charge on any atom is 0.286 e. The van der Waals surface area contributed by atoms with Gasteiger partial charge in [-0.05, 0) is 99.5 Å². The van der Waals surface area contributed by atoms with E-state index < -0.39 is 15.8 Å². The fourth-order valence-electron chi connectivity index (χ4n) is 8.88. The van der Waals surface area contributed by atoms with Crippen molar-refractivity contribution in [2.75, 3.05) is 42.2 Å². The molecule has 2 aromatic heterocycles. The number of amides is 1. The predicted octanol–water partition coefficient (Wildman–Crippen LogP) is 6.73. The molecule has 6 atom stereocenters. The van der Waals surface area contributed by atoms with Gasteiger partial charge in [0, 0.05) is 44.4 Å². The van der Waals surface area contributed by atoms with Crippen LogP contribution in [0, 0.1) is 31.6 Å². The first-order valence-corrected chi connectivity index (χ1v) is 20.3. The summed E-state index contributed by atoms with van der Waals surface area (Å²) in [6.07, 6.45) is 12.2. The molecule has 274 valence electrons. The van der Waals surface area contributed by atoms with Gasteiger partial charge in [0.15, 0.2) is 11.5 Å². The fourth-order valence-corrected chi connectivity index (χ4v) is 10.8. The van der Waals surface area contributed by atoms with Gasteiger partial charge in [-0.25, -0.2) is 14.2 Å². The van der Waals surface area contributed by atoms with Crippen molar-refractivity contribution >= 4 is 38.4 Å². The Hall–Kier alpha value is -4.29. The van der Waals surface area contributed by atoms with Gasteiger partial charge in [-0.3, -0.25) is 14.2 Å². The molecule has 1 unspecified atom stereocenters. The lowest BCUT2D eigenvalue weighted by atomic mass is 9.68. The third kappa shape index (κ3) is 6.59. The molecular weight excluding hydrogens is 675 g/mol. The first-order chi connectivity index (χ1) is 25.0. The van der Waals surface area contributed by atoms with Gasteiger partial charge in [0.25, 0.3) is 5.91 Å². The van der Waals surface area contributed by atoms with Crippen molar-refractivity contribution in [2.24, 2.45) is 29.2 Å². The Bertz CT molecular complexity index is 2190. The Morgan fingerprint density at radius 2 is 1.98 bits per heavy atom. The lowest BCUT2D eigenvalue weighted by molar-refractivity contribution is 0.0131. The molecule has 1 fully saturated rings. The van der Waals surface area contributed by atoms with E-state index in [1.54, 1.807) is 38.0 Å². The number of anilines is 2. The number of nitrogens with zero attached hydrogens (tertiary/aromatic N) is 6. The van der Waals surface area contributed by atoms with Crippen LogP contribution >= 0.6 is 0 Å². The number of allylic oxidation sites excluding steroid dienone is 1. The van der Waals surface area contributed by atoms with E-state index in [1.807, 2.05) is 19.1 Å². The summed E-state index contributed by atoms with van der Waals surface area (Å²) in [6.45, 7) is 8.14. The third-order valence-electron chi connectivity index (χ3n) is 11.6. The minimum absolute atomic E-state index is 0.0168. The van der Waals surface area contributed by atoms with E-state index in [1.165, 1.54) is 16.7 Å². The second-order valence-electron chi connectivity index (χ2n) is 15.6. The maximum atomic E-state index is 14.9. The second kappa shape index (κ2) is 13.6. The summed E-state index contributed by atoms with van der Waals surface area (Å²) >= 11 is 0. The van der Waals surface area contributed by atoms with E-state index in [-0.39, 0.29) is 23.2 Å². The van der Waals surface area contributed by atoms with Crippen molar-refractivity contribution in [3.05, 3.63) is 82.8 Å². The maximum absolute atomic E-state index is 14.9. The molecule has 11 nitrogen and oxygen atoms in total. The Morgan fingerprint density at radius 1 is 1.12 bits per heavy atom. The highest BCUT2D eigenvalue weighted by molar-refractivity contribution is 7.95. The Labute approximate surface area is 306 Å². The van der Waals surface area contributed by atoms with Crippen molar-refractivity contribution in [1.82, 2.24) is 19.7 Å². The van der Waals surface area contributed by atoms with Crippen molar-refractivity contribution in [1.29, 1.82) is 0 Å². The number of carbonyl (C=O) groups excluding carboxylic acids is 1. The SMILES string of the molecule is CO[C@H]1/C=C/C[C@H](C)CS(=O)(Nc2nc(C)nc3nn(C)cc23)=NC(=O)c2ccc3c(c2)N(C[C@@H]2CC[C@H]21)C[C@@]1(CCCc2cc(C)ccc21)CO3. The highest BCUT2D eigenvalue weighted by Gasteiger charge is 2.44. The molecule has 52 heavy (non-hydrogen) atoms. The van der Waals surface area contributed by atoms with E-state index in [0.29, 0.717) is 53.1 Å². The topological polar surface area (TPSA) is 124 Å². The average Bonchev–Trinajstić information content (AvgIpc) is 3.39. The molecule has 1 saturated carbocycles. The van der Waals surface area contributed by atoms with Crippen LogP contribution < -0.4 is 14.4 Å². The summed E-state index contributed by atoms with van der Waals surface area (Å²) in [5, 5.41) is 5.04. The number of rotatable bonds is 3. The minimum atomic E-state index is -3.36. The molecule has 2 bridgehead atoms. The summed E-state index contributed by atoms with van der Waals surface area (Å²) in [6, 6.07) is 12.4. The van der Waals surface area contributed by atoms with Gasteiger partial charge in [-0.1, -0.05) is 42.8 Å². The molecule has 2 aliphatic carbocycles. The lowest BCUT2D eigenvalue weighted by Crippen LogP contribution is -2.49. The Kier molecular flexibility index (Phi) is 9.10. The van der Waals surface area contributed by atoms with Crippen molar-refractivity contribution in [2.45, 2.75) is 70.8 Å². The van der Waals surface area contributed by atoms with Crippen LogP contribution in [0.3, 0.4) is 0 Å². The van der Waals surface area contributed by atoms with E-state index in [2.05, 4.69) is 66.3 Å². The van der Waals surface area contributed by atoms with Crippen LogP contribution in [-0.4, -0.2) is 68.5 Å². The van der Waals surface area contributed by atoms with E-state index in [0.717, 1.165) is 56.6 Å². The van der Waals surface area contributed by atoms with E-state index in [9.17, 15) is 9.00 Å². The van der Waals surface area contributed by atoms with Gasteiger partial charge in [0.2, 0.25) is 0 Å². The lowest BCUT2D eigenvalue weighted by Gasteiger charge is -2.46. The molecule has 2 aromatic carbocycles. The highest BCUT2D eigenvalue weighted by atomic mass is 32.2. The standard InChI is InChI=1S/C40H49N7O4S/c1-25-11-15-33-28(18-25)9-7-17-40(33)23-47-20-30-12-14-31(30)35(50-5)10-6-8-26(2)22-52(49,44-38-32-21-46(4)43-37(32)41-27(3)42-38)45-39(48)29-13-16-36(51-24-40)34(47)19-29/h6,10-11,13,15-16,18-19,21,26,30-31,35H,7-9,12,14,17,20,22-24H2,1-5H3,(H,41,42,43,44,45,48,49)/b10-6+/t26-,30-,31+,35-,40-,52?/m0/s1. The van der Waals surface area contributed by atoms with Crippen LogP contribution in [0.1, 0.15) is 71.9 Å². The zero-order chi connectivity index (χ0) is 36.2. The van der Waals surface area contributed by atoms with Crippen LogP contribution in [0.25, 0.3) is 11.0 Å². The number of carbonyl (C=O) groups is 1. The molecule has 1 N–H and O–H groups in total. The van der Waals surface area contributed by atoms with Gasteiger partial charge in [0.1, 0.15) is 21.5 Å². The number of aryl methyl sites for hydroxylation is 4. The molecule has 1 spiro atoms. The first-order valence-electron chi connectivity index (χ1n) is 18.6. The largest absolute Gasteiger partial charge is 0.490 e. The number of methoxy groups -OCH3 is 1. The summed E-state index contributed by atoms with van der Waals surface area (Å²) in [5.74, 6) is 1.93. The van der Waals surface area contributed by atoms with Crippen LogP contribution in [0.5, 0.6) is 5.75 Å². The first kappa shape index (κ1) is 34.8. The average molecular weight is 724 g/mol. The number of hydrogen-bond acceptors (Lipinski definition) is 8. The Balaban J connectivity index is 1.23. The highest BCUT2D eigenvalue weighted by Crippen LogP contribution is 2.47. The molecule has 4 aliphatic rings. The number of benzene rings is 2. The summed E-state index contributed by atoms with van der Waals surface area (Å²) in [4.78, 5) is 25.7. The molecular formula is C40H49N7O4S. The summed E-state index contributed by atoms with van der Waals surface area (Å²) in [5.41, 5.74) is 5.63. The monoisotopic (exact) mass is 723 g/mol. The smallest absolute Gasteiger partial charge is 0.286 e. The second-order valence-corrected chi connectivity index (χ2v) is 17.6. The Morgan fingerprint density at radius 3 is 2.79 bits per heavy atom. The normalized spacial score (nSPS) is 29.6. The quantitative estimate of drug-likeness (QED) is 0.231. The number of fused-ring (bicyclic) bond motifs is 5. The molecule has 4 heterocycles. The molecule has 8 rings (SSSR count). The van der Waals surface area contributed by atoms with Gasteiger partial charge in [-0.2, -0.15) is 5.10 Å². The van der Waals surface area contributed by atoms with Crippen LogP contribution in [0.15, 0.2) is 59.1 Å². The molecule has 4 aromatic rings. The number of nitrogens with one attached hydrogen (secondary N) is 1. The zero-order valence-corrected chi connectivity index (χ0v) is 31.6. The predicted molar refractivity (Wildman–Crippen MR) is 204 cm³/mol. The number of hydrogen-bond donors (Lipinski definition) is 1. The van der Waals surface area contributed by atoms with Gasteiger partial charge < -0.3 is 14.4 Å². The minimum Gasteiger partial charge on any atom is -0.490 e. The molecule has 1 amide bonds.